The van der Waals surface area contributed by atoms with E-state index in [-0.39, 0.29) is 0 Å². The molecule has 13 heavy (non-hydrogen) atoms. The Morgan fingerprint density at radius 2 is 2.38 bits per heavy atom. The quantitative estimate of drug-likeness (QED) is 0.673. The van der Waals surface area contributed by atoms with Crippen LogP contribution >= 0.6 is 0 Å². The second-order valence-corrected chi connectivity index (χ2v) is 3.17. The summed E-state index contributed by atoms with van der Waals surface area (Å²) in [6.07, 6.45) is 4.90. The van der Waals surface area contributed by atoms with Gasteiger partial charge in [-0.05, 0) is 30.9 Å². The Bertz CT molecular complexity index is 349. The molecule has 0 bridgehead atoms. The average Bonchev–Trinajstić information content (AvgIpc) is 2.49. The number of hydrogen-bond acceptors (Lipinski definition) is 2. The number of carbonyl (C=O) groups is 1. The standard InChI is InChI=1S/C9H11N3O/c10-9(13)12-7-4-6-2-1-3-8(6)11-5-7/h4-5H,1-3H2,(H3,10,12,13). The number of fused-ring (bicyclic) bond motifs is 1. The first-order chi connectivity index (χ1) is 6.25. The molecule has 0 radical (unpaired) electrons. The number of pyridine rings is 1. The Balaban J connectivity index is 2.25. The highest BCUT2D eigenvalue weighted by Crippen LogP contribution is 2.22. The van der Waals surface area contributed by atoms with Crippen molar-refractivity contribution in [3.05, 3.63) is 23.5 Å². The van der Waals surface area contributed by atoms with E-state index < -0.39 is 6.03 Å². The molecule has 2 rings (SSSR count). The fourth-order valence-corrected chi connectivity index (χ4v) is 1.64. The molecule has 4 nitrogen and oxygen atoms in total. The molecule has 0 spiro atoms. The van der Waals surface area contributed by atoms with Crippen molar-refractivity contribution in [3.63, 3.8) is 0 Å². The van der Waals surface area contributed by atoms with Crippen LogP contribution in [0, 0.1) is 0 Å². The van der Waals surface area contributed by atoms with Crippen LogP contribution in [-0.2, 0) is 12.8 Å². The number of aryl methyl sites for hydroxylation is 2. The highest BCUT2D eigenvalue weighted by atomic mass is 16.2. The molecule has 1 heterocycles. The van der Waals surface area contributed by atoms with E-state index in [1.807, 2.05) is 6.07 Å². The summed E-state index contributed by atoms with van der Waals surface area (Å²) in [5.74, 6) is 0. The van der Waals surface area contributed by atoms with Crippen LogP contribution in [0.5, 0.6) is 0 Å². The van der Waals surface area contributed by atoms with Crippen LogP contribution in [0.1, 0.15) is 17.7 Å². The SMILES string of the molecule is NC(=O)Nc1cnc2c(c1)CCC2. The summed E-state index contributed by atoms with van der Waals surface area (Å²) >= 11 is 0. The highest BCUT2D eigenvalue weighted by Gasteiger charge is 2.12. The average molecular weight is 177 g/mol. The lowest BCUT2D eigenvalue weighted by Crippen LogP contribution is -2.19. The fourth-order valence-electron chi connectivity index (χ4n) is 1.64. The molecule has 3 N–H and O–H groups in total. The Hall–Kier alpha value is -1.58. The number of rotatable bonds is 1. The number of aromatic nitrogens is 1. The smallest absolute Gasteiger partial charge is 0.316 e. The number of primary amides is 1. The van der Waals surface area contributed by atoms with E-state index in [0.29, 0.717) is 5.69 Å². The van der Waals surface area contributed by atoms with Gasteiger partial charge in [-0.2, -0.15) is 0 Å². The van der Waals surface area contributed by atoms with Gasteiger partial charge in [0.25, 0.3) is 0 Å². The number of hydrogen-bond donors (Lipinski definition) is 2. The van der Waals surface area contributed by atoms with Crippen molar-refractivity contribution in [2.45, 2.75) is 19.3 Å². The van der Waals surface area contributed by atoms with Gasteiger partial charge in [0.1, 0.15) is 0 Å². The van der Waals surface area contributed by atoms with Crippen LogP contribution in [0.3, 0.4) is 0 Å². The van der Waals surface area contributed by atoms with Gasteiger partial charge in [0.05, 0.1) is 11.9 Å². The van der Waals surface area contributed by atoms with Gasteiger partial charge in [-0.1, -0.05) is 0 Å². The third kappa shape index (κ3) is 1.61. The number of carbonyl (C=O) groups excluding carboxylic acids is 1. The molecule has 0 saturated carbocycles. The molecule has 1 aliphatic carbocycles. The fraction of sp³-hybridized carbons (Fsp3) is 0.333. The summed E-state index contributed by atoms with van der Waals surface area (Å²) in [6.45, 7) is 0. The zero-order valence-electron chi connectivity index (χ0n) is 7.21. The van der Waals surface area contributed by atoms with E-state index in [1.165, 1.54) is 5.56 Å². The maximum atomic E-state index is 10.6. The molecular weight excluding hydrogens is 166 g/mol. The van der Waals surface area contributed by atoms with E-state index in [1.54, 1.807) is 6.20 Å². The Labute approximate surface area is 76.2 Å². The van der Waals surface area contributed by atoms with E-state index in [9.17, 15) is 4.79 Å². The summed E-state index contributed by atoms with van der Waals surface area (Å²) in [5, 5.41) is 2.51. The molecule has 0 fully saturated rings. The maximum absolute atomic E-state index is 10.6. The van der Waals surface area contributed by atoms with Crippen molar-refractivity contribution in [2.24, 2.45) is 5.73 Å². The summed E-state index contributed by atoms with van der Waals surface area (Å²) in [4.78, 5) is 14.8. The van der Waals surface area contributed by atoms with Gasteiger partial charge in [-0.25, -0.2) is 4.79 Å². The molecule has 2 amide bonds. The van der Waals surface area contributed by atoms with Crippen molar-refractivity contribution in [3.8, 4) is 0 Å². The summed E-state index contributed by atoms with van der Waals surface area (Å²) < 4.78 is 0. The van der Waals surface area contributed by atoms with Gasteiger partial charge in [0, 0.05) is 5.69 Å². The van der Waals surface area contributed by atoms with Gasteiger partial charge in [0.15, 0.2) is 0 Å². The van der Waals surface area contributed by atoms with Gasteiger partial charge < -0.3 is 11.1 Å². The number of nitrogens with two attached hydrogens (primary N) is 1. The molecular formula is C9H11N3O. The first-order valence-corrected chi connectivity index (χ1v) is 4.30. The van der Waals surface area contributed by atoms with Crippen molar-refractivity contribution < 1.29 is 4.79 Å². The van der Waals surface area contributed by atoms with E-state index in [0.717, 1.165) is 25.0 Å². The van der Waals surface area contributed by atoms with Gasteiger partial charge >= 0.3 is 6.03 Å². The molecule has 0 aliphatic heterocycles. The lowest BCUT2D eigenvalue weighted by atomic mass is 10.2. The molecule has 0 atom stereocenters. The topological polar surface area (TPSA) is 68.0 Å². The zero-order valence-corrected chi connectivity index (χ0v) is 7.21. The van der Waals surface area contributed by atoms with Gasteiger partial charge in [-0.3, -0.25) is 4.98 Å². The number of amides is 2. The van der Waals surface area contributed by atoms with Gasteiger partial charge in [-0.15, -0.1) is 0 Å². The normalized spacial score (nSPS) is 13.8. The Morgan fingerprint density at radius 3 is 3.15 bits per heavy atom. The minimum absolute atomic E-state index is 0.542. The number of anilines is 1. The van der Waals surface area contributed by atoms with Crippen molar-refractivity contribution in [1.82, 2.24) is 4.98 Å². The molecule has 4 heteroatoms. The summed E-state index contributed by atoms with van der Waals surface area (Å²) in [7, 11) is 0. The number of urea groups is 1. The lowest BCUT2D eigenvalue weighted by molar-refractivity contribution is 0.259. The van der Waals surface area contributed by atoms with Crippen LogP contribution in [0.4, 0.5) is 10.5 Å². The lowest BCUT2D eigenvalue weighted by Gasteiger charge is -2.03. The van der Waals surface area contributed by atoms with Crippen LogP contribution in [-0.4, -0.2) is 11.0 Å². The number of nitrogens with one attached hydrogen (secondary N) is 1. The van der Waals surface area contributed by atoms with Gasteiger partial charge in [0.2, 0.25) is 0 Å². The van der Waals surface area contributed by atoms with E-state index in [2.05, 4.69) is 10.3 Å². The molecule has 1 aromatic rings. The monoisotopic (exact) mass is 177 g/mol. The minimum Gasteiger partial charge on any atom is -0.351 e. The van der Waals surface area contributed by atoms with Crippen LogP contribution < -0.4 is 11.1 Å². The summed E-state index contributed by atoms with van der Waals surface area (Å²) in [6, 6.07) is 1.40. The Kier molecular flexibility index (Phi) is 1.88. The maximum Gasteiger partial charge on any atom is 0.316 e. The first-order valence-electron chi connectivity index (χ1n) is 4.30. The van der Waals surface area contributed by atoms with Crippen molar-refractivity contribution in [2.75, 3.05) is 5.32 Å². The third-order valence-electron chi connectivity index (χ3n) is 2.19. The second-order valence-electron chi connectivity index (χ2n) is 3.17. The second kappa shape index (κ2) is 3.05. The third-order valence-corrected chi connectivity index (χ3v) is 2.19. The minimum atomic E-state index is -0.542. The Morgan fingerprint density at radius 1 is 1.54 bits per heavy atom. The van der Waals surface area contributed by atoms with E-state index >= 15 is 0 Å². The predicted octanol–water partition coefficient (Wildman–Crippen LogP) is 1.06. The first kappa shape index (κ1) is 8.04. The van der Waals surface area contributed by atoms with Crippen LogP contribution in [0.15, 0.2) is 12.3 Å². The highest BCUT2D eigenvalue weighted by molar-refractivity contribution is 5.87. The largest absolute Gasteiger partial charge is 0.351 e. The molecule has 0 saturated heterocycles. The zero-order chi connectivity index (χ0) is 9.26. The molecule has 68 valence electrons. The van der Waals surface area contributed by atoms with Crippen molar-refractivity contribution >= 4 is 11.7 Å². The molecule has 1 aliphatic rings. The van der Waals surface area contributed by atoms with E-state index in [4.69, 9.17) is 5.73 Å². The number of nitrogens with zero attached hydrogens (tertiary/aromatic N) is 1. The molecule has 1 aromatic heterocycles. The predicted molar refractivity (Wildman–Crippen MR) is 49.5 cm³/mol. The summed E-state index contributed by atoms with van der Waals surface area (Å²) in [5.41, 5.74) is 8.06. The van der Waals surface area contributed by atoms with Crippen LogP contribution in [0.25, 0.3) is 0 Å². The van der Waals surface area contributed by atoms with Crippen LogP contribution in [0.2, 0.25) is 0 Å². The molecule has 0 aromatic carbocycles. The van der Waals surface area contributed by atoms with Crippen molar-refractivity contribution in [1.29, 1.82) is 0 Å². The molecule has 0 unspecified atom stereocenters.